The van der Waals surface area contributed by atoms with Crippen molar-refractivity contribution < 1.29 is 4.74 Å². The number of thiazole rings is 1. The summed E-state index contributed by atoms with van der Waals surface area (Å²) in [5.41, 5.74) is 1.22. The molecule has 0 radical (unpaired) electrons. The number of morpholine rings is 1. The van der Waals surface area contributed by atoms with Gasteiger partial charge in [0.1, 0.15) is 6.33 Å². The molecule has 0 saturated carbocycles. The minimum absolute atomic E-state index is 0.838. The molecule has 1 aliphatic rings. The molecule has 3 heterocycles. The summed E-state index contributed by atoms with van der Waals surface area (Å²) in [6, 6.07) is 0. The second-order valence-electron chi connectivity index (χ2n) is 3.57. The summed E-state index contributed by atoms with van der Waals surface area (Å²) < 4.78 is 7.23. The summed E-state index contributed by atoms with van der Waals surface area (Å²) in [5, 5.41) is 6.33. The molecule has 0 unspecified atom stereocenters. The van der Waals surface area contributed by atoms with E-state index >= 15 is 0 Å². The lowest BCUT2D eigenvalue weighted by atomic mass is 10.3. The standard InChI is InChI=1S/C9H12N4OS/c1-3-14-4-2-12(1)5-8-6-15-9-10-7-11-13(8)9/h6-7H,1-5H2. The van der Waals surface area contributed by atoms with Gasteiger partial charge < -0.3 is 4.74 Å². The van der Waals surface area contributed by atoms with Gasteiger partial charge in [-0.15, -0.1) is 11.3 Å². The van der Waals surface area contributed by atoms with Crippen molar-refractivity contribution in [1.82, 2.24) is 19.5 Å². The molecule has 0 spiro atoms. The molecule has 0 amide bonds. The van der Waals surface area contributed by atoms with Crippen molar-refractivity contribution in [3.63, 3.8) is 0 Å². The van der Waals surface area contributed by atoms with Crippen molar-refractivity contribution >= 4 is 16.3 Å². The van der Waals surface area contributed by atoms with Crippen LogP contribution in [0.3, 0.4) is 0 Å². The fourth-order valence-electron chi connectivity index (χ4n) is 1.77. The second-order valence-corrected chi connectivity index (χ2v) is 4.41. The zero-order valence-corrected chi connectivity index (χ0v) is 9.11. The second kappa shape index (κ2) is 3.88. The molecule has 1 aliphatic heterocycles. The highest BCUT2D eigenvalue weighted by atomic mass is 32.1. The number of aromatic nitrogens is 3. The molecule has 6 heteroatoms. The fraction of sp³-hybridized carbons (Fsp3) is 0.556. The van der Waals surface area contributed by atoms with Crippen LogP contribution in [0.2, 0.25) is 0 Å². The van der Waals surface area contributed by atoms with Gasteiger partial charge in [0.25, 0.3) is 0 Å². The van der Waals surface area contributed by atoms with Crippen LogP contribution in [0, 0.1) is 0 Å². The minimum atomic E-state index is 0.838. The zero-order valence-electron chi connectivity index (χ0n) is 8.30. The van der Waals surface area contributed by atoms with E-state index in [0.717, 1.165) is 37.8 Å². The van der Waals surface area contributed by atoms with Crippen molar-refractivity contribution in [3.8, 4) is 0 Å². The Morgan fingerprint density at radius 3 is 3.13 bits per heavy atom. The topological polar surface area (TPSA) is 42.7 Å². The highest BCUT2D eigenvalue weighted by Crippen LogP contribution is 2.15. The van der Waals surface area contributed by atoms with Crippen molar-refractivity contribution in [3.05, 3.63) is 17.4 Å². The van der Waals surface area contributed by atoms with Gasteiger partial charge in [0, 0.05) is 25.0 Å². The number of hydrogen-bond acceptors (Lipinski definition) is 5. The Balaban J connectivity index is 1.79. The van der Waals surface area contributed by atoms with Crippen molar-refractivity contribution in [1.29, 1.82) is 0 Å². The first-order valence-corrected chi connectivity index (χ1v) is 5.87. The number of hydrogen-bond donors (Lipinski definition) is 0. The molecule has 1 saturated heterocycles. The summed E-state index contributed by atoms with van der Waals surface area (Å²) in [7, 11) is 0. The summed E-state index contributed by atoms with van der Waals surface area (Å²) in [5.74, 6) is 0. The largest absolute Gasteiger partial charge is 0.379 e. The summed E-state index contributed by atoms with van der Waals surface area (Å²) in [6.45, 7) is 4.63. The molecule has 0 N–H and O–H groups in total. The maximum Gasteiger partial charge on any atom is 0.212 e. The van der Waals surface area contributed by atoms with Gasteiger partial charge in [0.15, 0.2) is 0 Å². The normalized spacial score (nSPS) is 18.7. The summed E-state index contributed by atoms with van der Waals surface area (Å²) in [4.78, 5) is 7.51. The van der Waals surface area contributed by atoms with Crippen molar-refractivity contribution in [2.75, 3.05) is 26.3 Å². The van der Waals surface area contributed by atoms with Crippen molar-refractivity contribution in [2.24, 2.45) is 0 Å². The third kappa shape index (κ3) is 1.75. The lowest BCUT2D eigenvalue weighted by Gasteiger charge is -2.25. The number of rotatable bonds is 2. The van der Waals surface area contributed by atoms with Gasteiger partial charge in [0.2, 0.25) is 4.96 Å². The quantitative estimate of drug-likeness (QED) is 0.750. The molecule has 0 bridgehead atoms. The zero-order chi connectivity index (χ0) is 10.1. The predicted octanol–water partition coefficient (Wildman–Crippen LogP) is 0.623. The van der Waals surface area contributed by atoms with Crippen LogP contribution in [-0.4, -0.2) is 45.8 Å². The molecule has 0 aromatic carbocycles. The third-order valence-corrected chi connectivity index (χ3v) is 3.46. The van der Waals surface area contributed by atoms with Gasteiger partial charge in [-0.25, -0.2) is 9.50 Å². The Morgan fingerprint density at radius 2 is 2.27 bits per heavy atom. The first-order chi connectivity index (χ1) is 7.43. The van der Waals surface area contributed by atoms with E-state index in [1.54, 1.807) is 17.7 Å². The molecular weight excluding hydrogens is 212 g/mol. The summed E-state index contributed by atoms with van der Waals surface area (Å²) >= 11 is 1.64. The Labute approximate surface area is 91.3 Å². The van der Waals surface area contributed by atoms with E-state index in [2.05, 4.69) is 20.4 Å². The van der Waals surface area contributed by atoms with Gasteiger partial charge in [-0.3, -0.25) is 4.90 Å². The maximum absolute atomic E-state index is 5.32. The van der Waals surface area contributed by atoms with Crippen LogP contribution in [0.1, 0.15) is 5.69 Å². The van der Waals surface area contributed by atoms with Gasteiger partial charge in [0.05, 0.1) is 18.9 Å². The average molecular weight is 224 g/mol. The average Bonchev–Trinajstić information content (AvgIpc) is 2.85. The lowest BCUT2D eigenvalue weighted by Crippen LogP contribution is -2.35. The highest BCUT2D eigenvalue weighted by Gasteiger charge is 2.13. The first-order valence-electron chi connectivity index (χ1n) is 5.00. The highest BCUT2D eigenvalue weighted by molar-refractivity contribution is 7.15. The van der Waals surface area contributed by atoms with Crippen molar-refractivity contribution in [2.45, 2.75) is 6.54 Å². The van der Waals surface area contributed by atoms with E-state index in [1.807, 2.05) is 4.52 Å². The van der Waals surface area contributed by atoms with E-state index in [1.165, 1.54) is 5.69 Å². The maximum atomic E-state index is 5.32. The van der Waals surface area contributed by atoms with Crippen LogP contribution in [0.25, 0.3) is 4.96 Å². The van der Waals surface area contributed by atoms with Crippen LogP contribution >= 0.6 is 11.3 Å². The van der Waals surface area contributed by atoms with E-state index in [9.17, 15) is 0 Å². The molecule has 0 aliphatic carbocycles. The minimum Gasteiger partial charge on any atom is -0.379 e. The van der Waals surface area contributed by atoms with Gasteiger partial charge >= 0.3 is 0 Å². The molecule has 2 aromatic heterocycles. The van der Waals surface area contributed by atoms with Gasteiger partial charge in [-0.1, -0.05) is 0 Å². The fourth-order valence-corrected chi connectivity index (χ4v) is 2.56. The molecular formula is C9H12N4OS. The molecule has 2 aromatic rings. The van der Waals surface area contributed by atoms with Crippen LogP contribution in [0.4, 0.5) is 0 Å². The SMILES string of the molecule is c1nc2scc(CN3CCOCC3)n2n1. The Bertz CT molecular complexity index is 446. The number of nitrogens with zero attached hydrogens (tertiary/aromatic N) is 4. The molecule has 1 fully saturated rings. The number of fused-ring (bicyclic) bond motifs is 1. The smallest absolute Gasteiger partial charge is 0.212 e. The monoisotopic (exact) mass is 224 g/mol. The lowest BCUT2D eigenvalue weighted by molar-refractivity contribution is 0.0334. The van der Waals surface area contributed by atoms with Crippen LogP contribution in [0.5, 0.6) is 0 Å². The summed E-state index contributed by atoms with van der Waals surface area (Å²) in [6.07, 6.45) is 1.61. The van der Waals surface area contributed by atoms with E-state index in [0.29, 0.717) is 0 Å². The predicted molar refractivity (Wildman–Crippen MR) is 57.0 cm³/mol. The van der Waals surface area contributed by atoms with E-state index in [4.69, 9.17) is 4.74 Å². The van der Waals surface area contributed by atoms with Gasteiger partial charge in [-0.2, -0.15) is 5.10 Å². The molecule has 0 atom stereocenters. The molecule has 3 rings (SSSR count). The first kappa shape index (κ1) is 9.26. The van der Waals surface area contributed by atoms with Crippen LogP contribution in [0.15, 0.2) is 11.7 Å². The van der Waals surface area contributed by atoms with E-state index in [-0.39, 0.29) is 0 Å². The molecule has 80 valence electrons. The Hall–Kier alpha value is -0.980. The van der Waals surface area contributed by atoms with Crippen LogP contribution < -0.4 is 0 Å². The van der Waals surface area contributed by atoms with E-state index < -0.39 is 0 Å². The molecule has 5 nitrogen and oxygen atoms in total. The third-order valence-electron chi connectivity index (χ3n) is 2.58. The van der Waals surface area contributed by atoms with Crippen LogP contribution in [-0.2, 0) is 11.3 Å². The molecule has 15 heavy (non-hydrogen) atoms. The number of ether oxygens (including phenoxy) is 1. The van der Waals surface area contributed by atoms with Gasteiger partial charge in [-0.05, 0) is 0 Å². The Kier molecular flexibility index (Phi) is 2.40. The Morgan fingerprint density at radius 1 is 1.40 bits per heavy atom.